The molecule has 0 unspecified atom stereocenters. The number of aromatic hydroxyl groups is 1. The number of benzene rings is 1. The average molecular weight is 251 g/mol. The van der Waals surface area contributed by atoms with Gasteiger partial charge in [0.1, 0.15) is 5.70 Å². The van der Waals surface area contributed by atoms with E-state index in [2.05, 4.69) is 5.32 Å². The number of phenolic OH excluding ortho intramolecular Hbond substituents is 1. The van der Waals surface area contributed by atoms with Crippen LogP contribution in [0.15, 0.2) is 23.9 Å². The highest BCUT2D eigenvalue weighted by Crippen LogP contribution is 2.27. The predicted octanol–water partition coefficient (Wildman–Crippen LogP) is 0.962. The van der Waals surface area contributed by atoms with Crippen LogP contribution < -0.4 is 10.1 Å². The van der Waals surface area contributed by atoms with E-state index in [1.165, 1.54) is 38.3 Å². The molecular formula is C12H13NO5. The van der Waals surface area contributed by atoms with Crippen molar-refractivity contribution in [1.82, 2.24) is 5.32 Å². The third kappa shape index (κ3) is 3.51. The smallest absolute Gasteiger partial charge is 0.352 e. The minimum atomic E-state index is -1.25. The van der Waals surface area contributed by atoms with Gasteiger partial charge < -0.3 is 20.3 Å². The molecular weight excluding hydrogens is 238 g/mol. The number of carbonyl (C=O) groups excluding carboxylic acids is 1. The summed E-state index contributed by atoms with van der Waals surface area (Å²) in [4.78, 5) is 21.7. The number of hydrogen-bond donors (Lipinski definition) is 3. The first-order valence-corrected chi connectivity index (χ1v) is 5.03. The number of rotatable bonds is 4. The quantitative estimate of drug-likeness (QED) is 0.693. The molecule has 0 aliphatic carbocycles. The lowest BCUT2D eigenvalue weighted by Gasteiger charge is -2.06. The third-order valence-electron chi connectivity index (χ3n) is 2.06. The molecule has 6 nitrogen and oxygen atoms in total. The fraction of sp³-hybridized carbons (Fsp3) is 0.167. The molecule has 0 aliphatic heterocycles. The molecule has 0 bridgehead atoms. The molecule has 18 heavy (non-hydrogen) atoms. The summed E-state index contributed by atoms with van der Waals surface area (Å²) in [6.45, 7) is 1.22. The van der Waals surface area contributed by atoms with Gasteiger partial charge in [0.2, 0.25) is 5.91 Å². The molecule has 0 atom stereocenters. The summed E-state index contributed by atoms with van der Waals surface area (Å²) in [5.74, 6) is -1.56. The number of amides is 1. The van der Waals surface area contributed by atoms with Crippen LogP contribution in [0.1, 0.15) is 12.5 Å². The number of nitrogens with one attached hydrogen (secondary N) is 1. The van der Waals surface area contributed by atoms with Crippen molar-refractivity contribution in [2.75, 3.05) is 7.11 Å². The van der Waals surface area contributed by atoms with E-state index in [4.69, 9.17) is 9.84 Å². The summed E-state index contributed by atoms with van der Waals surface area (Å²) in [5.41, 5.74) is 0.228. The lowest BCUT2D eigenvalue weighted by Crippen LogP contribution is -2.24. The Labute approximate surface area is 104 Å². The van der Waals surface area contributed by atoms with E-state index in [-0.39, 0.29) is 17.2 Å². The first kappa shape index (κ1) is 13.6. The van der Waals surface area contributed by atoms with Crippen LogP contribution in [-0.4, -0.2) is 29.2 Å². The van der Waals surface area contributed by atoms with Crippen LogP contribution >= 0.6 is 0 Å². The second-order valence-electron chi connectivity index (χ2n) is 3.48. The normalized spacial score (nSPS) is 10.9. The van der Waals surface area contributed by atoms with E-state index in [0.717, 1.165) is 0 Å². The fourth-order valence-electron chi connectivity index (χ4n) is 1.29. The van der Waals surface area contributed by atoms with Crippen molar-refractivity contribution in [3.8, 4) is 11.5 Å². The van der Waals surface area contributed by atoms with Gasteiger partial charge in [-0.05, 0) is 23.8 Å². The van der Waals surface area contributed by atoms with Gasteiger partial charge in [-0.3, -0.25) is 4.79 Å². The minimum absolute atomic E-state index is 0.0500. The van der Waals surface area contributed by atoms with Crippen LogP contribution in [0.4, 0.5) is 0 Å². The Balaban J connectivity index is 3.11. The summed E-state index contributed by atoms with van der Waals surface area (Å²) in [7, 11) is 1.38. The highest BCUT2D eigenvalue weighted by molar-refractivity contribution is 5.96. The Morgan fingerprint density at radius 3 is 2.56 bits per heavy atom. The molecule has 0 heterocycles. The van der Waals surface area contributed by atoms with E-state index in [0.29, 0.717) is 5.56 Å². The SMILES string of the molecule is COc1cc(C=C(NC(C)=O)C(=O)O)ccc1O. The number of ether oxygens (including phenoxy) is 1. The van der Waals surface area contributed by atoms with Crippen molar-refractivity contribution in [2.45, 2.75) is 6.92 Å². The van der Waals surface area contributed by atoms with Crippen molar-refractivity contribution in [1.29, 1.82) is 0 Å². The molecule has 0 aromatic heterocycles. The monoisotopic (exact) mass is 251 g/mol. The van der Waals surface area contributed by atoms with Gasteiger partial charge in [-0.15, -0.1) is 0 Å². The zero-order valence-electron chi connectivity index (χ0n) is 9.93. The standard InChI is InChI=1S/C12H13NO5/c1-7(14)13-9(12(16)17)5-8-3-4-10(15)11(6-8)18-2/h3-6,15H,1-2H3,(H,13,14)(H,16,17). The third-order valence-corrected chi connectivity index (χ3v) is 2.06. The maximum absolute atomic E-state index is 10.9. The van der Waals surface area contributed by atoms with Gasteiger partial charge in [0, 0.05) is 6.92 Å². The number of aliphatic carboxylic acids is 1. The van der Waals surface area contributed by atoms with Gasteiger partial charge in [-0.1, -0.05) is 6.07 Å². The van der Waals surface area contributed by atoms with E-state index in [1.54, 1.807) is 0 Å². The summed E-state index contributed by atoms with van der Waals surface area (Å²) >= 11 is 0. The Bertz CT molecular complexity index is 507. The Morgan fingerprint density at radius 2 is 2.06 bits per heavy atom. The number of methoxy groups -OCH3 is 1. The molecule has 1 aromatic rings. The molecule has 6 heteroatoms. The fourth-order valence-corrected chi connectivity index (χ4v) is 1.29. The van der Waals surface area contributed by atoms with E-state index in [1.807, 2.05) is 0 Å². The molecule has 0 aliphatic rings. The maximum Gasteiger partial charge on any atom is 0.352 e. The Kier molecular flexibility index (Phi) is 4.31. The van der Waals surface area contributed by atoms with Crippen molar-refractivity contribution < 1.29 is 24.5 Å². The topological polar surface area (TPSA) is 95.9 Å². The van der Waals surface area contributed by atoms with Gasteiger partial charge in [0.05, 0.1) is 7.11 Å². The molecule has 1 rings (SSSR count). The van der Waals surface area contributed by atoms with E-state index >= 15 is 0 Å². The van der Waals surface area contributed by atoms with Crippen molar-refractivity contribution >= 4 is 18.0 Å². The highest BCUT2D eigenvalue weighted by Gasteiger charge is 2.09. The first-order valence-electron chi connectivity index (χ1n) is 5.03. The summed E-state index contributed by atoms with van der Waals surface area (Å²) in [6.07, 6.45) is 1.27. The van der Waals surface area contributed by atoms with Crippen molar-refractivity contribution in [3.63, 3.8) is 0 Å². The van der Waals surface area contributed by atoms with Crippen molar-refractivity contribution in [2.24, 2.45) is 0 Å². The van der Waals surface area contributed by atoms with Crippen LogP contribution in [0.3, 0.4) is 0 Å². The molecule has 1 aromatic carbocycles. The number of hydrogen-bond acceptors (Lipinski definition) is 4. The maximum atomic E-state index is 10.9. The van der Waals surface area contributed by atoms with Gasteiger partial charge >= 0.3 is 5.97 Å². The van der Waals surface area contributed by atoms with Crippen LogP contribution in [0.2, 0.25) is 0 Å². The zero-order valence-corrected chi connectivity index (χ0v) is 9.93. The lowest BCUT2D eigenvalue weighted by atomic mass is 10.1. The Hall–Kier alpha value is -2.50. The van der Waals surface area contributed by atoms with Gasteiger partial charge in [-0.25, -0.2) is 4.79 Å². The summed E-state index contributed by atoms with van der Waals surface area (Å²) in [5, 5.41) is 20.5. The van der Waals surface area contributed by atoms with E-state index < -0.39 is 11.9 Å². The summed E-state index contributed by atoms with van der Waals surface area (Å²) in [6, 6.07) is 4.33. The molecule has 1 amide bonds. The van der Waals surface area contributed by atoms with Crippen LogP contribution in [0.25, 0.3) is 6.08 Å². The number of carboxylic acid groups (broad SMARTS) is 1. The zero-order chi connectivity index (χ0) is 13.7. The summed E-state index contributed by atoms with van der Waals surface area (Å²) < 4.78 is 4.89. The van der Waals surface area contributed by atoms with Crippen LogP contribution in [0, 0.1) is 0 Å². The molecule has 0 radical (unpaired) electrons. The van der Waals surface area contributed by atoms with Gasteiger partial charge in [0.25, 0.3) is 0 Å². The number of carboxylic acids is 1. The molecule has 0 saturated carbocycles. The molecule has 0 fully saturated rings. The second-order valence-corrected chi connectivity index (χ2v) is 3.48. The number of phenols is 1. The highest BCUT2D eigenvalue weighted by atomic mass is 16.5. The molecule has 0 saturated heterocycles. The largest absolute Gasteiger partial charge is 0.504 e. The number of carbonyl (C=O) groups is 2. The predicted molar refractivity (Wildman–Crippen MR) is 64.1 cm³/mol. The second kappa shape index (κ2) is 5.72. The van der Waals surface area contributed by atoms with Crippen LogP contribution in [-0.2, 0) is 9.59 Å². The molecule has 0 spiro atoms. The van der Waals surface area contributed by atoms with Gasteiger partial charge in [-0.2, -0.15) is 0 Å². The molecule has 3 N–H and O–H groups in total. The Morgan fingerprint density at radius 1 is 1.39 bits per heavy atom. The molecule has 96 valence electrons. The first-order chi connectivity index (χ1) is 8.43. The van der Waals surface area contributed by atoms with E-state index in [9.17, 15) is 14.7 Å². The van der Waals surface area contributed by atoms with Gasteiger partial charge in [0.15, 0.2) is 11.5 Å². The lowest BCUT2D eigenvalue weighted by molar-refractivity contribution is -0.134. The van der Waals surface area contributed by atoms with Crippen LogP contribution in [0.5, 0.6) is 11.5 Å². The average Bonchev–Trinajstić information content (AvgIpc) is 2.29. The minimum Gasteiger partial charge on any atom is -0.504 e. The van der Waals surface area contributed by atoms with Crippen molar-refractivity contribution in [3.05, 3.63) is 29.5 Å².